The molecule has 0 saturated heterocycles. The summed E-state index contributed by atoms with van der Waals surface area (Å²) in [5, 5.41) is 0.816. The predicted molar refractivity (Wildman–Crippen MR) is 133 cm³/mol. The van der Waals surface area contributed by atoms with Crippen molar-refractivity contribution in [3.8, 4) is 11.1 Å². The number of carbonyl (C=O) groups excluding carboxylic acids is 1. The Labute approximate surface area is 203 Å². The summed E-state index contributed by atoms with van der Waals surface area (Å²) in [5.74, 6) is 1.02. The van der Waals surface area contributed by atoms with Crippen LogP contribution in [0.5, 0.6) is 0 Å². The molecule has 0 aliphatic carbocycles. The van der Waals surface area contributed by atoms with Crippen LogP contribution in [0.4, 0.5) is 0 Å². The highest BCUT2D eigenvalue weighted by atomic mass is 35.5. The lowest BCUT2D eigenvalue weighted by molar-refractivity contribution is -0.117. The average molecular weight is 508 g/mol. The minimum Gasteiger partial charge on any atom is -0.299 e. The van der Waals surface area contributed by atoms with E-state index in [1.807, 2.05) is 12.1 Å². The quantitative estimate of drug-likeness (QED) is 0.317. The smallest absolute Gasteiger partial charge is 0.178 e. The van der Waals surface area contributed by atoms with Gasteiger partial charge in [-0.05, 0) is 53.3 Å². The fraction of sp³-hybridized carbons (Fsp3) is 0.250. The van der Waals surface area contributed by atoms with Gasteiger partial charge in [-0.3, -0.25) is 9.78 Å². The van der Waals surface area contributed by atoms with E-state index in [0.29, 0.717) is 21.2 Å². The van der Waals surface area contributed by atoms with Gasteiger partial charge in [-0.25, -0.2) is 8.42 Å². The number of hydrogen-bond acceptors (Lipinski definition) is 5. The molecule has 8 heteroatoms. The standard InChI is InChI=1S/C24H23Cl2NO3S2/c1-3-31-20-8-7-18(27-15-20)14-19(28)11-16-12-22(25)24(23(26)13-16)17-5-9-21(10-6-17)32(29,30)4-2/h5-10,12-13,15H,3-4,11,14H2,1-2H3. The maximum Gasteiger partial charge on any atom is 0.178 e. The van der Waals surface area contributed by atoms with Crippen molar-refractivity contribution in [3.63, 3.8) is 0 Å². The highest BCUT2D eigenvalue weighted by molar-refractivity contribution is 7.99. The van der Waals surface area contributed by atoms with Crippen molar-refractivity contribution >= 4 is 50.6 Å². The minimum absolute atomic E-state index is 0.0161. The van der Waals surface area contributed by atoms with E-state index in [9.17, 15) is 13.2 Å². The molecule has 0 fully saturated rings. The number of Topliss-reactive ketones (excluding diaryl/α,β-unsaturated/α-hetero) is 1. The number of carbonyl (C=O) groups is 1. The number of sulfone groups is 1. The Bertz CT molecular complexity index is 1190. The lowest BCUT2D eigenvalue weighted by Gasteiger charge is -2.11. The van der Waals surface area contributed by atoms with Gasteiger partial charge in [-0.1, -0.05) is 49.2 Å². The number of hydrogen-bond donors (Lipinski definition) is 0. The fourth-order valence-electron chi connectivity index (χ4n) is 3.26. The van der Waals surface area contributed by atoms with Crippen LogP contribution in [0.2, 0.25) is 10.0 Å². The van der Waals surface area contributed by atoms with Gasteiger partial charge < -0.3 is 0 Å². The number of rotatable bonds is 9. The number of halogens is 2. The van der Waals surface area contributed by atoms with Crippen LogP contribution in [0.3, 0.4) is 0 Å². The van der Waals surface area contributed by atoms with Crippen molar-refractivity contribution in [2.45, 2.75) is 36.5 Å². The van der Waals surface area contributed by atoms with Crippen LogP contribution in [0, 0.1) is 0 Å². The number of thioether (sulfide) groups is 1. The largest absolute Gasteiger partial charge is 0.299 e. The van der Waals surface area contributed by atoms with Crippen LogP contribution < -0.4 is 0 Å². The molecule has 0 aliphatic rings. The molecule has 32 heavy (non-hydrogen) atoms. The summed E-state index contributed by atoms with van der Waals surface area (Å²) < 4.78 is 24.0. The highest BCUT2D eigenvalue weighted by Crippen LogP contribution is 2.36. The molecule has 0 N–H and O–H groups in total. The Hall–Kier alpha value is -1.86. The third-order valence-corrected chi connectivity index (χ3v) is 8.08. The van der Waals surface area contributed by atoms with Crippen molar-refractivity contribution < 1.29 is 13.2 Å². The molecule has 168 valence electrons. The first kappa shape index (κ1) is 24.8. The molecule has 0 bridgehead atoms. The number of benzene rings is 2. The highest BCUT2D eigenvalue weighted by Gasteiger charge is 2.16. The second-order valence-electron chi connectivity index (χ2n) is 7.17. The molecule has 4 nitrogen and oxygen atoms in total. The van der Waals surface area contributed by atoms with E-state index in [-0.39, 0.29) is 29.3 Å². The van der Waals surface area contributed by atoms with Gasteiger partial charge in [0.2, 0.25) is 0 Å². The Kier molecular flexibility index (Phi) is 8.39. The zero-order valence-electron chi connectivity index (χ0n) is 17.8. The van der Waals surface area contributed by atoms with E-state index < -0.39 is 9.84 Å². The van der Waals surface area contributed by atoms with Crippen molar-refractivity contribution in [3.05, 3.63) is 76.0 Å². The van der Waals surface area contributed by atoms with Crippen LogP contribution in [-0.4, -0.2) is 30.7 Å². The van der Waals surface area contributed by atoms with Crippen molar-refractivity contribution in [2.24, 2.45) is 0 Å². The molecule has 3 aromatic rings. The van der Waals surface area contributed by atoms with E-state index in [1.54, 1.807) is 61.3 Å². The molecule has 0 radical (unpaired) electrons. The molecule has 0 spiro atoms. The van der Waals surface area contributed by atoms with Crippen molar-refractivity contribution in [1.29, 1.82) is 0 Å². The normalized spacial score (nSPS) is 11.5. The summed E-state index contributed by atoms with van der Waals surface area (Å²) in [4.78, 5) is 18.2. The van der Waals surface area contributed by atoms with Crippen molar-refractivity contribution in [2.75, 3.05) is 11.5 Å². The lowest BCUT2D eigenvalue weighted by Crippen LogP contribution is -2.08. The Balaban J connectivity index is 1.74. The molecule has 1 heterocycles. The fourth-order valence-corrected chi connectivity index (χ4v) is 5.52. The van der Waals surface area contributed by atoms with Gasteiger partial charge in [0.05, 0.1) is 20.7 Å². The first-order chi connectivity index (χ1) is 15.2. The molecule has 0 saturated carbocycles. The first-order valence-corrected chi connectivity index (χ1v) is 13.5. The molecule has 0 atom stereocenters. The summed E-state index contributed by atoms with van der Waals surface area (Å²) in [7, 11) is -3.28. The maximum absolute atomic E-state index is 12.5. The molecule has 2 aromatic carbocycles. The maximum atomic E-state index is 12.5. The SMILES string of the molecule is CCSc1ccc(CC(=O)Cc2cc(Cl)c(-c3ccc(S(=O)(=O)CC)cc3)c(Cl)c2)nc1. The Morgan fingerprint density at radius 1 is 0.969 bits per heavy atom. The van der Waals surface area contributed by atoms with Gasteiger partial charge in [0, 0.05) is 35.2 Å². The summed E-state index contributed by atoms with van der Waals surface area (Å²) in [6.45, 7) is 3.68. The van der Waals surface area contributed by atoms with E-state index in [1.165, 1.54) is 0 Å². The van der Waals surface area contributed by atoms with Crippen molar-refractivity contribution in [1.82, 2.24) is 4.98 Å². The van der Waals surface area contributed by atoms with Crippen LogP contribution in [0.15, 0.2) is 64.5 Å². The van der Waals surface area contributed by atoms with Crippen LogP contribution in [0.25, 0.3) is 11.1 Å². The summed E-state index contributed by atoms with van der Waals surface area (Å²) in [5.41, 5.74) is 2.77. The van der Waals surface area contributed by atoms with Crippen LogP contribution in [0.1, 0.15) is 25.1 Å². The molecular formula is C24H23Cl2NO3S2. The average Bonchev–Trinajstić information content (AvgIpc) is 2.75. The van der Waals surface area contributed by atoms with Gasteiger partial charge in [-0.15, -0.1) is 11.8 Å². The van der Waals surface area contributed by atoms with Crippen LogP contribution >= 0.6 is 35.0 Å². The molecule has 0 amide bonds. The summed E-state index contributed by atoms with van der Waals surface area (Å²) in [6, 6.07) is 13.8. The second kappa shape index (κ2) is 10.8. The third-order valence-electron chi connectivity index (χ3n) is 4.87. The first-order valence-electron chi connectivity index (χ1n) is 10.1. The third kappa shape index (κ3) is 6.13. The lowest BCUT2D eigenvalue weighted by atomic mass is 10.0. The Morgan fingerprint density at radius 3 is 2.16 bits per heavy atom. The molecule has 0 aliphatic heterocycles. The zero-order chi connectivity index (χ0) is 23.3. The van der Waals surface area contributed by atoms with E-state index in [0.717, 1.165) is 21.9 Å². The van der Waals surface area contributed by atoms with Gasteiger partial charge in [0.15, 0.2) is 9.84 Å². The van der Waals surface area contributed by atoms with E-state index in [2.05, 4.69) is 11.9 Å². The predicted octanol–water partition coefficient (Wildman–Crippen LogP) is 6.32. The molecule has 0 unspecified atom stereocenters. The molecular weight excluding hydrogens is 485 g/mol. The van der Waals surface area contributed by atoms with Crippen LogP contribution in [-0.2, 0) is 27.5 Å². The van der Waals surface area contributed by atoms with Gasteiger partial charge in [-0.2, -0.15) is 0 Å². The van der Waals surface area contributed by atoms with E-state index >= 15 is 0 Å². The molecule has 1 aromatic heterocycles. The van der Waals surface area contributed by atoms with Gasteiger partial charge >= 0.3 is 0 Å². The van der Waals surface area contributed by atoms with E-state index in [4.69, 9.17) is 23.2 Å². The second-order valence-corrected chi connectivity index (χ2v) is 11.6. The number of ketones is 1. The number of pyridine rings is 1. The monoisotopic (exact) mass is 507 g/mol. The summed E-state index contributed by atoms with van der Waals surface area (Å²) >= 11 is 14.7. The number of nitrogens with zero attached hydrogens (tertiary/aromatic N) is 1. The van der Waals surface area contributed by atoms with Gasteiger partial charge in [0.25, 0.3) is 0 Å². The number of aromatic nitrogens is 1. The zero-order valence-corrected chi connectivity index (χ0v) is 20.9. The topological polar surface area (TPSA) is 64.1 Å². The summed E-state index contributed by atoms with van der Waals surface area (Å²) in [6.07, 6.45) is 2.22. The van der Waals surface area contributed by atoms with Gasteiger partial charge in [0.1, 0.15) is 5.78 Å². The minimum atomic E-state index is -3.28. The molecule has 3 rings (SSSR count). The Morgan fingerprint density at radius 2 is 1.62 bits per heavy atom.